The van der Waals surface area contributed by atoms with E-state index in [1.165, 1.54) is 23.8 Å². The molecular weight excluding hydrogens is 443 g/mol. The zero-order valence-corrected chi connectivity index (χ0v) is 20.2. The molecule has 1 amide bonds. The van der Waals surface area contributed by atoms with Gasteiger partial charge in [0.25, 0.3) is 0 Å². The predicted molar refractivity (Wildman–Crippen MR) is 126 cm³/mol. The number of carbonyl (C=O) groups excluding carboxylic acids is 1. The van der Waals surface area contributed by atoms with E-state index in [-0.39, 0.29) is 12.5 Å². The van der Waals surface area contributed by atoms with E-state index in [9.17, 15) is 17.6 Å². The summed E-state index contributed by atoms with van der Waals surface area (Å²) in [5.41, 5.74) is 2.11. The lowest BCUT2D eigenvalue weighted by Gasteiger charge is -2.32. The number of amides is 1. The van der Waals surface area contributed by atoms with Crippen LogP contribution in [-0.4, -0.2) is 63.4 Å². The first-order valence-corrected chi connectivity index (χ1v) is 12.7. The molecule has 0 radical (unpaired) electrons. The number of nitrogens with zero attached hydrogens (tertiary/aromatic N) is 2. The Kier molecular flexibility index (Phi) is 8.58. The molecule has 1 aliphatic heterocycles. The van der Waals surface area contributed by atoms with Crippen molar-refractivity contribution in [1.29, 1.82) is 0 Å². The molecule has 0 bridgehead atoms. The van der Waals surface area contributed by atoms with Crippen molar-refractivity contribution < 1.29 is 17.6 Å². The summed E-state index contributed by atoms with van der Waals surface area (Å²) in [6.07, 6.45) is 0. The fourth-order valence-electron chi connectivity index (χ4n) is 3.79. The number of halogens is 1. The molecule has 1 fully saturated rings. The normalized spacial score (nSPS) is 16.6. The average molecular weight is 477 g/mol. The minimum Gasteiger partial charge on any atom is -0.351 e. The Balaban J connectivity index is 1.61. The number of likely N-dealkylation sites (N-methyl/N-ethyl adjacent to an activating group) is 1. The first-order chi connectivity index (χ1) is 15.7. The lowest BCUT2D eigenvalue weighted by molar-refractivity contribution is -0.123. The van der Waals surface area contributed by atoms with E-state index >= 15 is 0 Å². The molecule has 180 valence electrons. The summed E-state index contributed by atoms with van der Waals surface area (Å²) >= 11 is 0. The van der Waals surface area contributed by atoms with Gasteiger partial charge < -0.3 is 10.2 Å². The molecule has 0 unspecified atom stereocenters. The summed E-state index contributed by atoms with van der Waals surface area (Å²) < 4.78 is 41.7. The maximum absolute atomic E-state index is 14.0. The van der Waals surface area contributed by atoms with Gasteiger partial charge in [-0.25, -0.2) is 12.8 Å². The molecule has 7 nitrogen and oxygen atoms in total. The summed E-state index contributed by atoms with van der Waals surface area (Å²) in [7, 11) is -2.06. The van der Waals surface area contributed by atoms with Gasteiger partial charge in [-0.1, -0.05) is 50.2 Å². The third-order valence-corrected chi connectivity index (χ3v) is 7.29. The molecule has 2 aromatic carbocycles. The number of piperazine rings is 1. The van der Waals surface area contributed by atoms with Gasteiger partial charge in [0, 0.05) is 39.3 Å². The van der Waals surface area contributed by atoms with Crippen LogP contribution in [0.25, 0.3) is 0 Å². The molecule has 0 aliphatic carbocycles. The smallest absolute Gasteiger partial charge is 0.244 e. The molecule has 0 aromatic heterocycles. The first kappa shape index (κ1) is 25.3. The lowest BCUT2D eigenvalue weighted by atomic mass is 10.0. The van der Waals surface area contributed by atoms with Gasteiger partial charge >= 0.3 is 0 Å². The Bertz CT molecular complexity index is 1050. The maximum atomic E-state index is 14.0. The molecule has 9 heteroatoms. The minimum absolute atomic E-state index is 0.278. The van der Waals surface area contributed by atoms with Crippen molar-refractivity contribution in [1.82, 2.24) is 19.8 Å². The van der Waals surface area contributed by atoms with Crippen LogP contribution in [0, 0.1) is 11.7 Å². The van der Waals surface area contributed by atoms with E-state index in [1.807, 2.05) is 12.1 Å². The number of hydrogen-bond donors (Lipinski definition) is 2. The highest BCUT2D eigenvalue weighted by Crippen LogP contribution is 2.16. The Hall–Kier alpha value is -2.33. The van der Waals surface area contributed by atoms with Crippen LogP contribution < -0.4 is 10.0 Å². The van der Waals surface area contributed by atoms with Gasteiger partial charge in [-0.05, 0) is 36.2 Å². The second-order valence-corrected chi connectivity index (χ2v) is 10.6. The van der Waals surface area contributed by atoms with E-state index < -0.39 is 32.7 Å². The average Bonchev–Trinajstić information content (AvgIpc) is 2.78. The van der Waals surface area contributed by atoms with Gasteiger partial charge in [0.2, 0.25) is 15.9 Å². The quantitative estimate of drug-likeness (QED) is 0.580. The summed E-state index contributed by atoms with van der Waals surface area (Å²) in [6, 6.07) is 12.1. The van der Waals surface area contributed by atoms with E-state index in [1.54, 1.807) is 13.8 Å². The van der Waals surface area contributed by atoms with Gasteiger partial charge in [0.1, 0.15) is 16.8 Å². The number of nitrogens with one attached hydrogen (secondary N) is 2. The van der Waals surface area contributed by atoms with E-state index in [0.29, 0.717) is 0 Å². The lowest BCUT2D eigenvalue weighted by Crippen LogP contribution is -2.49. The molecule has 3 rings (SSSR count). The molecule has 2 N–H and O–H groups in total. The molecule has 1 heterocycles. The Morgan fingerprint density at radius 1 is 1.03 bits per heavy atom. The molecule has 2 aromatic rings. The van der Waals surface area contributed by atoms with Crippen LogP contribution in [0.5, 0.6) is 0 Å². The van der Waals surface area contributed by atoms with Crippen LogP contribution in [0.4, 0.5) is 4.39 Å². The van der Waals surface area contributed by atoms with Crippen molar-refractivity contribution in [3.8, 4) is 0 Å². The number of rotatable bonds is 9. The predicted octanol–water partition coefficient (Wildman–Crippen LogP) is 2.19. The van der Waals surface area contributed by atoms with Crippen LogP contribution in [0.15, 0.2) is 53.4 Å². The molecule has 0 saturated carbocycles. The third-order valence-electron chi connectivity index (χ3n) is 5.82. The van der Waals surface area contributed by atoms with E-state index in [4.69, 9.17) is 0 Å². The topological polar surface area (TPSA) is 81.7 Å². The monoisotopic (exact) mass is 476 g/mol. The van der Waals surface area contributed by atoms with Crippen molar-refractivity contribution >= 4 is 15.9 Å². The van der Waals surface area contributed by atoms with Crippen LogP contribution >= 0.6 is 0 Å². The van der Waals surface area contributed by atoms with Gasteiger partial charge in [-0.2, -0.15) is 4.72 Å². The zero-order valence-electron chi connectivity index (χ0n) is 19.4. The number of sulfonamides is 1. The largest absolute Gasteiger partial charge is 0.351 e. The van der Waals surface area contributed by atoms with Gasteiger partial charge in [-0.3, -0.25) is 9.69 Å². The highest BCUT2D eigenvalue weighted by Gasteiger charge is 2.29. The van der Waals surface area contributed by atoms with Crippen molar-refractivity contribution in [3.63, 3.8) is 0 Å². The van der Waals surface area contributed by atoms with Crippen LogP contribution in [0.3, 0.4) is 0 Å². The van der Waals surface area contributed by atoms with Gasteiger partial charge in [0.15, 0.2) is 0 Å². The van der Waals surface area contributed by atoms with Crippen LogP contribution in [-0.2, 0) is 27.9 Å². The maximum Gasteiger partial charge on any atom is 0.244 e. The second-order valence-electron chi connectivity index (χ2n) is 8.89. The Morgan fingerprint density at radius 3 is 2.36 bits per heavy atom. The van der Waals surface area contributed by atoms with Crippen molar-refractivity contribution in [2.75, 3.05) is 33.2 Å². The molecule has 0 spiro atoms. The van der Waals surface area contributed by atoms with Crippen molar-refractivity contribution in [2.45, 2.75) is 37.9 Å². The standard InChI is InChI=1S/C24H33FN4O3S/c1-18(2)23(27-33(31,32)22-10-5-4-9-21(22)25)24(30)26-16-19-7-6-8-20(15-19)17-29-13-11-28(3)12-14-29/h4-10,15,18,23,27H,11-14,16-17H2,1-3H3,(H,26,30)/t23-/m0/s1. The van der Waals surface area contributed by atoms with E-state index in [2.05, 4.69) is 39.0 Å². The highest BCUT2D eigenvalue weighted by atomic mass is 32.2. The number of hydrogen-bond acceptors (Lipinski definition) is 5. The Morgan fingerprint density at radius 2 is 1.70 bits per heavy atom. The molecular formula is C24H33FN4O3S. The van der Waals surface area contributed by atoms with Crippen LogP contribution in [0.2, 0.25) is 0 Å². The first-order valence-electron chi connectivity index (χ1n) is 11.2. The van der Waals surface area contributed by atoms with Crippen LogP contribution in [0.1, 0.15) is 25.0 Å². The molecule has 1 saturated heterocycles. The van der Waals surface area contributed by atoms with E-state index in [0.717, 1.165) is 44.4 Å². The van der Waals surface area contributed by atoms with Gasteiger partial charge in [-0.15, -0.1) is 0 Å². The fourth-order valence-corrected chi connectivity index (χ4v) is 5.21. The molecule has 33 heavy (non-hydrogen) atoms. The summed E-state index contributed by atoms with van der Waals surface area (Å²) in [5.74, 6) is -1.63. The SMILES string of the molecule is CC(C)[C@H](NS(=O)(=O)c1ccccc1F)C(=O)NCc1cccc(CN2CCN(C)CC2)c1. The summed E-state index contributed by atoms with van der Waals surface area (Å²) in [6.45, 7) is 8.76. The number of benzene rings is 2. The highest BCUT2D eigenvalue weighted by molar-refractivity contribution is 7.89. The summed E-state index contributed by atoms with van der Waals surface area (Å²) in [5, 5.41) is 2.83. The summed E-state index contributed by atoms with van der Waals surface area (Å²) in [4.78, 5) is 17.1. The third kappa shape index (κ3) is 7.07. The minimum atomic E-state index is -4.19. The van der Waals surface area contributed by atoms with Crippen molar-refractivity contribution in [2.24, 2.45) is 5.92 Å². The Labute approximate surface area is 196 Å². The molecule has 1 aliphatic rings. The number of carbonyl (C=O) groups is 1. The molecule has 1 atom stereocenters. The second kappa shape index (κ2) is 11.2. The zero-order chi connectivity index (χ0) is 24.0. The fraction of sp³-hybridized carbons (Fsp3) is 0.458. The van der Waals surface area contributed by atoms with Gasteiger partial charge in [0.05, 0.1) is 0 Å². The van der Waals surface area contributed by atoms with Crippen molar-refractivity contribution in [3.05, 3.63) is 65.5 Å².